The number of hydrogen-bond acceptors (Lipinski definition) is 7. The molecule has 0 aliphatic carbocycles. The molecule has 9 heteroatoms. The average Bonchev–Trinajstić information content (AvgIpc) is 2.67. The first-order valence-corrected chi connectivity index (χ1v) is 9.86. The molecule has 1 aromatic heterocycles. The van der Waals surface area contributed by atoms with Crippen molar-refractivity contribution in [2.75, 3.05) is 11.8 Å². The van der Waals surface area contributed by atoms with Crippen LogP contribution in [0.5, 0.6) is 17.2 Å². The van der Waals surface area contributed by atoms with Crippen molar-refractivity contribution >= 4 is 37.6 Å². The predicted molar refractivity (Wildman–Crippen MR) is 107 cm³/mol. The molecule has 0 radical (unpaired) electrons. The summed E-state index contributed by atoms with van der Waals surface area (Å²) in [5.74, 6) is -0.149. The smallest absolute Gasteiger partial charge is 0.261 e. The molecule has 0 spiro atoms. The minimum Gasteiger partial charge on any atom is -0.508 e. The van der Waals surface area contributed by atoms with Crippen molar-refractivity contribution in [2.24, 2.45) is 0 Å². The zero-order valence-electron chi connectivity index (χ0n) is 15.0. The number of benzene rings is 3. The number of fused-ring (bicyclic) bond motifs is 2. The van der Waals surface area contributed by atoms with Crippen LogP contribution in [-0.4, -0.2) is 25.7 Å². The molecule has 29 heavy (non-hydrogen) atoms. The van der Waals surface area contributed by atoms with Crippen LogP contribution in [0.15, 0.2) is 68.7 Å². The van der Waals surface area contributed by atoms with Crippen LogP contribution in [0.2, 0.25) is 0 Å². The third kappa shape index (κ3) is 3.32. The van der Waals surface area contributed by atoms with Gasteiger partial charge >= 0.3 is 0 Å². The zero-order valence-corrected chi connectivity index (χ0v) is 15.9. The number of sulfonamides is 1. The van der Waals surface area contributed by atoms with E-state index >= 15 is 0 Å². The lowest BCUT2D eigenvalue weighted by atomic mass is 10.1. The first-order chi connectivity index (χ1) is 13.8. The third-order valence-electron chi connectivity index (χ3n) is 4.36. The van der Waals surface area contributed by atoms with Crippen LogP contribution in [0.1, 0.15) is 0 Å². The molecule has 0 amide bonds. The number of anilines is 1. The molecule has 0 aliphatic rings. The third-order valence-corrected chi connectivity index (χ3v) is 5.76. The normalized spacial score (nSPS) is 11.6. The zero-order chi connectivity index (χ0) is 20.8. The maximum absolute atomic E-state index is 12.6. The summed E-state index contributed by atoms with van der Waals surface area (Å²) in [6.45, 7) is 0. The second kappa shape index (κ2) is 6.71. The molecule has 0 unspecified atom stereocenters. The monoisotopic (exact) mass is 413 g/mol. The van der Waals surface area contributed by atoms with Crippen molar-refractivity contribution in [3.63, 3.8) is 0 Å². The quantitative estimate of drug-likeness (QED) is 0.439. The van der Waals surface area contributed by atoms with E-state index in [1.165, 1.54) is 55.6 Å². The summed E-state index contributed by atoms with van der Waals surface area (Å²) in [5.41, 5.74) is -0.235. The minimum atomic E-state index is -3.88. The van der Waals surface area contributed by atoms with E-state index in [9.17, 15) is 23.4 Å². The van der Waals surface area contributed by atoms with E-state index in [1.807, 2.05) is 0 Å². The van der Waals surface area contributed by atoms with Gasteiger partial charge in [-0.2, -0.15) is 0 Å². The SMILES string of the molecule is COc1ccc(S(=O)(=O)Nc2ccc3c(=O)c4c(O)cc(O)cc4oc3c2)cc1. The molecule has 0 saturated heterocycles. The van der Waals surface area contributed by atoms with Crippen molar-refractivity contribution in [1.29, 1.82) is 0 Å². The van der Waals surface area contributed by atoms with Crippen LogP contribution in [0.4, 0.5) is 5.69 Å². The van der Waals surface area contributed by atoms with Gasteiger partial charge in [0.15, 0.2) is 0 Å². The Labute approximate surface area is 164 Å². The maximum Gasteiger partial charge on any atom is 0.261 e. The van der Waals surface area contributed by atoms with Gasteiger partial charge in [0, 0.05) is 18.2 Å². The lowest BCUT2D eigenvalue weighted by Gasteiger charge is -2.10. The number of methoxy groups -OCH3 is 1. The highest BCUT2D eigenvalue weighted by molar-refractivity contribution is 7.92. The van der Waals surface area contributed by atoms with Gasteiger partial charge in [0.2, 0.25) is 5.43 Å². The number of phenols is 2. The van der Waals surface area contributed by atoms with Gasteiger partial charge in [-0.05, 0) is 36.4 Å². The van der Waals surface area contributed by atoms with E-state index in [0.29, 0.717) is 5.75 Å². The van der Waals surface area contributed by atoms with Crippen molar-refractivity contribution in [3.8, 4) is 17.2 Å². The molecular formula is C20H15NO7S. The Bertz CT molecular complexity index is 1410. The van der Waals surface area contributed by atoms with Gasteiger partial charge in [-0.15, -0.1) is 0 Å². The molecule has 148 valence electrons. The highest BCUT2D eigenvalue weighted by Crippen LogP contribution is 2.31. The molecular weight excluding hydrogens is 398 g/mol. The molecule has 0 aliphatic heterocycles. The van der Waals surface area contributed by atoms with Crippen LogP contribution in [0.3, 0.4) is 0 Å². The summed E-state index contributed by atoms with van der Waals surface area (Å²) in [7, 11) is -2.40. The fourth-order valence-corrected chi connectivity index (χ4v) is 4.02. The lowest BCUT2D eigenvalue weighted by molar-refractivity contribution is 0.414. The molecule has 3 N–H and O–H groups in total. The molecule has 0 saturated carbocycles. The molecule has 4 aromatic rings. The summed E-state index contributed by atoms with van der Waals surface area (Å²) in [6, 6.07) is 12.3. The fraction of sp³-hybridized carbons (Fsp3) is 0.0500. The molecule has 4 rings (SSSR count). The Balaban J connectivity index is 1.79. The molecule has 0 fully saturated rings. The van der Waals surface area contributed by atoms with Crippen LogP contribution < -0.4 is 14.9 Å². The number of ether oxygens (including phenoxy) is 1. The first-order valence-electron chi connectivity index (χ1n) is 8.38. The van der Waals surface area contributed by atoms with Gasteiger partial charge in [0.05, 0.1) is 23.1 Å². The molecule has 8 nitrogen and oxygen atoms in total. The van der Waals surface area contributed by atoms with E-state index in [4.69, 9.17) is 9.15 Å². The van der Waals surface area contributed by atoms with E-state index in [2.05, 4.69) is 4.72 Å². The van der Waals surface area contributed by atoms with E-state index < -0.39 is 21.2 Å². The van der Waals surface area contributed by atoms with Crippen LogP contribution in [0, 0.1) is 0 Å². The van der Waals surface area contributed by atoms with Crippen LogP contribution in [-0.2, 0) is 10.0 Å². The second-order valence-electron chi connectivity index (χ2n) is 6.26. The van der Waals surface area contributed by atoms with Crippen molar-refractivity contribution in [2.45, 2.75) is 4.90 Å². The van der Waals surface area contributed by atoms with Gasteiger partial charge in [-0.1, -0.05) is 0 Å². The van der Waals surface area contributed by atoms with Crippen molar-refractivity contribution < 1.29 is 27.8 Å². The van der Waals surface area contributed by atoms with Gasteiger partial charge in [-0.3, -0.25) is 9.52 Å². The van der Waals surface area contributed by atoms with E-state index in [0.717, 1.165) is 6.07 Å². The Morgan fingerprint density at radius 2 is 1.69 bits per heavy atom. The topological polar surface area (TPSA) is 126 Å². The highest BCUT2D eigenvalue weighted by Gasteiger charge is 2.17. The predicted octanol–water partition coefficient (Wildman–Crippen LogP) is 3.17. The second-order valence-corrected chi connectivity index (χ2v) is 7.94. The van der Waals surface area contributed by atoms with E-state index in [1.54, 1.807) is 0 Å². The fourth-order valence-electron chi connectivity index (χ4n) is 2.98. The summed E-state index contributed by atoms with van der Waals surface area (Å²) in [5, 5.41) is 19.7. The van der Waals surface area contributed by atoms with Gasteiger partial charge in [-0.25, -0.2) is 8.42 Å². The number of rotatable bonds is 4. The molecule has 3 aromatic carbocycles. The number of nitrogens with one attached hydrogen (secondary N) is 1. The Morgan fingerprint density at radius 3 is 2.38 bits per heavy atom. The van der Waals surface area contributed by atoms with Gasteiger partial charge in [0.25, 0.3) is 10.0 Å². The Morgan fingerprint density at radius 1 is 0.966 bits per heavy atom. The van der Waals surface area contributed by atoms with Crippen molar-refractivity contribution in [3.05, 3.63) is 64.8 Å². The van der Waals surface area contributed by atoms with Crippen LogP contribution >= 0.6 is 0 Å². The van der Waals surface area contributed by atoms with E-state index in [-0.39, 0.29) is 38.3 Å². The summed E-state index contributed by atoms with van der Waals surface area (Å²) >= 11 is 0. The van der Waals surface area contributed by atoms with Crippen molar-refractivity contribution in [1.82, 2.24) is 0 Å². The summed E-state index contributed by atoms with van der Waals surface area (Å²) in [6.07, 6.45) is 0. The molecule has 0 bridgehead atoms. The average molecular weight is 413 g/mol. The molecule has 1 heterocycles. The van der Waals surface area contributed by atoms with Gasteiger partial charge in [0.1, 0.15) is 33.8 Å². The number of phenolic OH excluding ortho intramolecular Hbond substituents is 2. The maximum atomic E-state index is 12.6. The minimum absolute atomic E-state index is 0.0184. The standard InChI is InChI=1S/C20H15NO7S/c1-27-13-3-5-14(6-4-13)29(25,26)21-11-2-7-15-17(8-11)28-18-10-12(22)9-16(23)19(18)20(15)24/h2-10,21-23H,1H3. The number of hydrogen-bond donors (Lipinski definition) is 3. The van der Waals surface area contributed by atoms with Crippen LogP contribution in [0.25, 0.3) is 21.9 Å². The summed E-state index contributed by atoms with van der Waals surface area (Å²) in [4.78, 5) is 12.7. The highest BCUT2D eigenvalue weighted by atomic mass is 32.2. The largest absolute Gasteiger partial charge is 0.508 e. The lowest BCUT2D eigenvalue weighted by Crippen LogP contribution is -2.13. The first kappa shape index (κ1) is 18.6. The van der Waals surface area contributed by atoms with Gasteiger partial charge < -0.3 is 19.4 Å². The molecule has 0 atom stereocenters. The Kier molecular flexibility index (Phi) is 4.31. The summed E-state index contributed by atoms with van der Waals surface area (Å²) < 4.78 is 38.2. The number of aromatic hydroxyl groups is 2. The Hall–Kier alpha value is -3.72.